The quantitative estimate of drug-likeness (QED) is 0.500. The van der Waals surface area contributed by atoms with Gasteiger partial charge >= 0.3 is 12.1 Å². The van der Waals surface area contributed by atoms with Crippen LogP contribution in [-0.4, -0.2) is 31.4 Å². The average Bonchev–Trinajstić information content (AvgIpc) is 3.16. The Morgan fingerprint density at radius 1 is 1.12 bits per heavy atom. The molecular formula is C23H24F3N3O4. The Hall–Kier alpha value is -3.56. The largest absolute Gasteiger partial charge is 0.486 e. The van der Waals surface area contributed by atoms with Crippen molar-refractivity contribution in [3.8, 4) is 22.9 Å². The van der Waals surface area contributed by atoms with Gasteiger partial charge in [0, 0.05) is 12.1 Å². The summed E-state index contributed by atoms with van der Waals surface area (Å²) in [7, 11) is 0. The first-order valence-corrected chi connectivity index (χ1v) is 10.2. The topological polar surface area (TPSA) is 86.5 Å². The third kappa shape index (κ3) is 5.63. The molecule has 1 N–H and O–H groups in total. The van der Waals surface area contributed by atoms with Crippen LogP contribution in [0.2, 0.25) is 0 Å². The molecule has 0 aliphatic heterocycles. The monoisotopic (exact) mass is 463 g/mol. The van der Waals surface area contributed by atoms with Crippen molar-refractivity contribution in [2.45, 2.75) is 52.6 Å². The van der Waals surface area contributed by atoms with Crippen molar-refractivity contribution in [1.82, 2.24) is 14.8 Å². The van der Waals surface area contributed by atoms with Crippen LogP contribution in [0, 0.1) is 6.92 Å². The molecule has 0 unspecified atom stereocenters. The molecule has 0 radical (unpaired) electrons. The van der Waals surface area contributed by atoms with Gasteiger partial charge in [-0.05, 0) is 63.6 Å². The van der Waals surface area contributed by atoms with Gasteiger partial charge in [0.15, 0.2) is 17.2 Å². The highest BCUT2D eigenvalue weighted by molar-refractivity contribution is 5.76. The highest BCUT2D eigenvalue weighted by Gasteiger charge is 2.31. The van der Waals surface area contributed by atoms with E-state index in [0.717, 1.165) is 12.1 Å². The average molecular weight is 463 g/mol. The molecule has 10 heteroatoms. The summed E-state index contributed by atoms with van der Waals surface area (Å²) in [4.78, 5) is 15.7. The van der Waals surface area contributed by atoms with E-state index in [4.69, 9.17) is 9.47 Å². The van der Waals surface area contributed by atoms with Crippen LogP contribution in [0.15, 0.2) is 42.5 Å². The molecule has 0 fully saturated rings. The molecular weight excluding hydrogens is 439 g/mol. The Labute approximate surface area is 188 Å². The minimum Gasteiger partial charge on any atom is -0.486 e. The molecule has 0 spiro atoms. The Balaban J connectivity index is 1.73. The summed E-state index contributed by atoms with van der Waals surface area (Å²) in [5, 5.41) is 13.6. The van der Waals surface area contributed by atoms with Gasteiger partial charge in [-0.15, -0.1) is 0 Å². The van der Waals surface area contributed by atoms with E-state index in [-0.39, 0.29) is 6.61 Å². The van der Waals surface area contributed by atoms with Crippen molar-refractivity contribution < 1.29 is 32.5 Å². The zero-order valence-electron chi connectivity index (χ0n) is 18.6. The number of carbonyl (C=O) groups is 1. The van der Waals surface area contributed by atoms with Crippen LogP contribution in [0.1, 0.15) is 37.7 Å². The maximum atomic E-state index is 12.8. The minimum absolute atomic E-state index is 0.0851. The molecule has 1 heterocycles. The summed E-state index contributed by atoms with van der Waals surface area (Å²) in [5.41, 5.74) is -0.947. The Morgan fingerprint density at radius 3 is 2.33 bits per heavy atom. The molecule has 0 aliphatic rings. The number of hydrogen-bond acceptors (Lipinski definition) is 5. The predicted octanol–water partition coefficient (Wildman–Crippen LogP) is 5.11. The second kappa shape index (κ2) is 9.13. The van der Waals surface area contributed by atoms with Crippen LogP contribution in [0.5, 0.6) is 11.5 Å². The molecule has 3 aromatic rings. The van der Waals surface area contributed by atoms with E-state index in [2.05, 4.69) is 10.1 Å². The fourth-order valence-electron chi connectivity index (χ4n) is 2.96. The summed E-state index contributed by atoms with van der Waals surface area (Å²) in [5.74, 6) is 0.688. The lowest BCUT2D eigenvalue weighted by Gasteiger charge is -2.23. The number of halogens is 3. The minimum atomic E-state index is -4.41. The third-order valence-corrected chi connectivity index (χ3v) is 4.91. The van der Waals surface area contributed by atoms with Gasteiger partial charge in [0.1, 0.15) is 18.1 Å². The fourth-order valence-corrected chi connectivity index (χ4v) is 2.96. The van der Waals surface area contributed by atoms with Crippen molar-refractivity contribution in [3.63, 3.8) is 0 Å². The summed E-state index contributed by atoms with van der Waals surface area (Å²) < 4.78 is 51.4. The molecule has 0 amide bonds. The van der Waals surface area contributed by atoms with Crippen molar-refractivity contribution in [2.24, 2.45) is 0 Å². The molecule has 0 saturated heterocycles. The molecule has 176 valence electrons. The molecule has 0 bridgehead atoms. The predicted molar refractivity (Wildman–Crippen MR) is 114 cm³/mol. The van der Waals surface area contributed by atoms with Gasteiger partial charge in [0.25, 0.3) is 0 Å². The van der Waals surface area contributed by atoms with Crippen LogP contribution < -0.4 is 9.47 Å². The fraction of sp³-hybridized carbons (Fsp3) is 0.348. The van der Waals surface area contributed by atoms with Gasteiger partial charge in [0.05, 0.1) is 5.56 Å². The SMILES string of the molecule is CCn1nc(-c2ccc(C(F)(F)F)cc2)nc1COc1ccc(OC(C)(C)C(=O)O)c(C)c1. The lowest BCUT2D eigenvalue weighted by Crippen LogP contribution is -2.38. The van der Waals surface area contributed by atoms with E-state index in [1.54, 1.807) is 29.8 Å². The van der Waals surface area contributed by atoms with Gasteiger partial charge in [0.2, 0.25) is 0 Å². The van der Waals surface area contributed by atoms with E-state index >= 15 is 0 Å². The second-order valence-corrected chi connectivity index (χ2v) is 7.88. The van der Waals surface area contributed by atoms with Gasteiger partial charge in [-0.3, -0.25) is 0 Å². The normalized spacial score (nSPS) is 12.0. The summed E-state index contributed by atoms with van der Waals surface area (Å²) in [6, 6.07) is 9.67. The number of rotatable bonds is 8. The smallest absolute Gasteiger partial charge is 0.416 e. The molecule has 0 aliphatic carbocycles. The Bertz CT molecular complexity index is 1140. The maximum absolute atomic E-state index is 12.8. The number of hydrogen-bond donors (Lipinski definition) is 1. The molecule has 0 atom stereocenters. The first kappa shape index (κ1) is 24.1. The highest BCUT2D eigenvalue weighted by Crippen LogP contribution is 2.31. The number of ether oxygens (including phenoxy) is 2. The van der Waals surface area contributed by atoms with Crippen LogP contribution in [0.3, 0.4) is 0 Å². The first-order chi connectivity index (χ1) is 15.4. The van der Waals surface area contributed by atoms with Crippen LogP contribution in [-0.2, 0) is 24.1 Å². The number of carboxylic acids is 1. The van der Waals surface area contributed by atoms with E-state index in [1.165, 1.54) is 26.0 Å². The van der Waals surface area contributed by atoms with E-state index < -0.39 is 23.3 Å². The second-order valence-electron chi connectivity index (χ2n) is 7.88. The van der Waals surface area contributed by atoms with Gasteiger partial charge in [-0.25, -0.2) is 14.5 Å². The van der Waals surface area contributed by atoms with E-state index in [1.807, 2.05) is 6.92 Å². The highest BCUT2D eigenvalue weighted by atomic mass is 19.4. The first-order valence-electron chi connectivity index (χ1n) is 10.2. The standard InChI is InChI=1S/C23H24F3N3O4/c1-5-29-19(27-20(28-29)15-6-8-16(9-7-15)23(24,25)26)13-32-17-10-11-18(14(2)12-17)33-22(3,4)21(30)31/h6-12H,5,13H2,1-4H3,(H,30,31). The number of alkyl halides is 3. The van der Waals surface area contributed by atoms with Gasteiger partial charge in [-0.1, -0.05) is 12.1 Å². The van der Waals surface area contributed by atoms with Gasteiger partial charge < -0.3 is 14.6 Å². The lowest BCUT2D eigenvalue weighted by atomic mass is 10.1. The maximum Gasteiger partial charge on any atom is 0.416 e. The Morgan fingerprint density at radius 2 is 1.79 bits per heavy atom. The van der Waals surface area contributed by atoms with Crippen LogP contribution in [0.4, 0.5) is 13.2 Å². The van der Waals surface area contributed by atoms with Crippen molar-refractivity contribution >= 4 is 5.97 Å². The number of aliphatic carboxylic acids is 1. The van der Waals surface area contributed by atoms with Crippen molar-refractivity contribution in [2.75, 3.05) is 0 Å². The number of nitrogens with zero attached hydrogens (tertiary/aromatic N) is 3. The van der Waals surface area contributed by atoms with Crippen molar-refractivity contribution in [1.29, 1.82) is 0 Å². The molecule has 2 aromatic carbocycles. The molecule has 3 rings (SSSR count). The van der Waals surface area contributed by atoms with Crippen molar-refractivity contribution in [3.05, 3.63) is 59.4 Å². The molecule has 0 saturated carbocycles. The zero-order valence-corrected chi connectivity index (χ0v) is 18.6. The molecule has 1 aromatic heterocycles. The van der Waals surface area contributed by atoms with Crippen LogP contribution in [0.25, 0.3) is 11.4 Å². The number of aromatic nitrogens is 3. The van der Waals surface area contributed by atoms with Crippen LogP contribution >= 0.6 is 0 Å². The molecule has 7 nitrogen and oxygen atoms in total. The number of aryl methyl sites for hydroxylation is 2. The molecule has 33 heavy (non-hydrogen) atoms. The number of benzene rings is 2. The Kier molecular flexibility index (Phi) is 6.66. The summed E-state index contributed by atoms with van der Waals surface area (Å²) in [6.07, 6.45) is -4.41. The van der Waals surface area contributed by atoms with Gasteiger partial charge in [-0.2, -0.15) is 18.3 Å². The van der Waals surface area contributed by atoms with E-state index in [9.17, 15) is 23.1 Å². The zero-order chi connectivity index (χ0) is 24.4. The van der Waals surface area contributed by atoms with E-state index in [0.29, 0.717) is 40.8 Å². The summed E-state index contributed by atoms with van der Waals surface area (Å²) in [6.45, 7) is 7.16. The number of carboxylic acid groups (broad SMARTS) is 1. The summed E-state index contributed by atoms with van der Waals surface area (Å²) >= 11 is 0. The third-order valence-electron chi connectivity index (χ3n) is 4.91. The lowest BCUT2D eigenvalue weighted by molar-refractivity contribution is -0.152.